The van der Waals surface area contributed by atoms with Crippen molar-refractivity contribution in [3.8, 4) is 0 Å². The molecule has 0 saturated carbocycles. The molecule has 1 nitrogen and oxygen atoms in total. The van der Waals surface area contributed by atoms with Crippen molar-refractivity contribution in [1.29, 1.82) is 0 Å². The number of unbranched alkanes of at least 4 members (excludes halogenated alkanes) is 3. The van der Waals surface area contributed by atoms with Gasteiger partial charge in [-0.15, -0.1) is 0 Å². The van der Waals surface area contributed by atoms with E-state index < -0.39 is 0 Å². The summed E-state index contributed by atoms with van der Waals surface area (Å²) in [6.45, 7) is 4.33. The highest BCUT2D eigenvalue weighted by Gasteiger charge is 2.34. The van der Waals surface area contributed by atoms with Crippen LogP contribution in [-0.4, -0.2) is 5.78 Å². The van der Waals surface area contributed by atoms with Crippen molar-refractivity contribution in [3.63, 3.8) is 0 Å². The lowest BCUT2D eigenvalue weighted by molar-refractivity contribution is -0.111. The predicted octanol–water partition coefficient (Wildman–Crippen LogP) is 4.96. The molecule has 102 valence electrons. The Morgan fingerprint density at radius 3 is 2.79 bits per heavy atom. The summed E-state index contributed by atoms with van der Waals surface area (Å²) in [7, 11) is 0. The Kier molecular flexibility index (Phi) is 7.77. The van der Waals surface area contributed by atoms with Gasteiger partial charge in [0.2, 0.25) is 0 Å². The summed E-state index contributed by atoms with van der Waals surface area (Å²) in [6.07, 6.45) is 22.0. The molecule has 0 aromatic carbocycles. The summed E-state index contributed by atoms with van der Waals surface area (Å²) in [4.78, 5) is 11.7. The van der Waals surface area contributed by atoms with Crippen LogP contribution in [0, 0.1) is 12.0 Å². The minimum Gasteiger partial charge on any atom is -0.229 e. The van der Waals surface area contributed by atoms with Crippen LogP contribution in [0.1, 0.15) is 52.4 Å². The Balaban J connectivity index is 2.48. The molecule has 1 aliphatic carbocycles. The molecule has 0 aliphatic heterocycles. The van der Waals surface area contributed by atoms with Crippen LogP contribution in [0.25, 0.3) is 0 Å². The average molecular weight is 257 g/mol. The third kappa shape index (κ3) is 5.81. The van der Waals surface area contributed by atoms with E-state index in [1.807, 2.05) is 18.2 Å². The molecule has 0 bridgehead atoms. The number of Topliss-reactive ketones (excluding diaryl/α,β-unsaturated/α-hetero) is 1. The third-order valence-electron chi connectivity index (χ3n) is 3.26. The first-order chi connectivity index (χ1) is 9.29. The van der Waals surface area contributed by atoms with E-state index in [1.165, 1.54) is 19.3 Å². The molecular weight excluding hydrogens is 232 g/mol. The fourth-order valence-electron chi connectivity index (χ4n) is 2.10. The van der Waals surface area contributed by atoms with Gasteiger partial charge in [0.25, 0.3) is 0 Å². The molecular formula is C18H25O+. The number of hydrogen-bond acceptors (Lipinski definition) is 1. The minimum absolute atomic E-state index is 0.0492. The predicted molar refractivity (Wildman–Crippen MR) is 81.7 cm³/mol. The van der Waals surface area contributed by atoms with Crippen LogP contribution in [0.2, 0.25) is 0 Å². The van der Waals surface area contributed by atoms with Crippen LogP contribution >= 0.6 is 0 Å². The quantitative estimate of drug-likeness (QED) is 0.260. The maximum Gasteiger partial charge on any atom is 0.397 e. The monoisotopic (exact) mass is 257 g/mol. The molecule has 19 heavy (non-hydrogen) atoms. The Morgan fingerprint density at radius 1 is 1.21 bits per heavy atom. The van der Waals surface area contributed by atoms with Crippen molar-refractivity contribution in [1.82, 2.24) is 0 Å². The van der Waals surface area contributed by atoms with Gasteiger partial charge in [0.15, 0.2) is 0 Å². The molecule has 0 aromatic rings. The molecule has 1 aliphatic rings. The summed E-state index contributed by atoms with van der Waals surface area (Å²) in [5.41, 5.74) is 0.882. The lowest BCUT2D eigenvalue weighted by Crippen LogP contribution is -2.01. The summed E-state index contributed by atoms with van der Waals surface area (Å²) in [5.74, 6) is 0.267. The lowest BCUT2D eigenvalue weighted by Gasteiger charge is -1.97. The Bertz CT molecular complexity index is 382. The molecule has 0 radical (unpaired) electrons. The topological polar surface area (TPSA) is 17.1 Å². The first-order valence-electron chi connectivity index (χ1n) is 7.45. The molecule has 0 saturated heterocycles. The largest absolute Gasteiger partial charge is 0.397 e. The average Bonchev–Trinajstić information content (AvgIpc) is 2.75. The van der Waals surface area contributed by atoms with Crippen molar-refractivity contribution in [2.24, 2.45) is 5.92 Å². The number of ketones is 1. The first kappa shape index (κ1) is 15.6. The number of hydrogen-bond donors (Lipinski definition) is 0. The van der Waals surface area contributed by atoms with Gasteiger partial charge < -0.3 is 0 Å². The molecule has 0 spiro atoms. The maximum atomic E-state index is 11.7. The second-order valence-electron chi connectivity index (χ2n) is 4.91. The Morgan fingerprint density at radius 2 is 2.05 bits per heavy atom. The molecule has 0 aromatic heterocycles. The van der Waals surface area contributed by atoms with Crippen molar-refractivity contribution in [3.05, 3.63) is 48.1 Å². The molecule has 1 rings (SSSR count). The highest BCUT2D eigenvalue weighted by Crippen LogP contribution is 2.24. The second-order valence-corrected chi connectivity index (χ2v) is 4.91. The summed E-state index contributed by atoms with van der Waals surface area (Å²) >= 11 is 0. The van der Waals surface area contributed by atoms with Gasteiger partial charge >= 0.3 is 5.78 Å². The van der Waals surface area contributed by atoms with Gasteiger partial charge in [-0.05, 0) is 31.8 Å². The van der Waals surface area contributed by atoms with Gasteiger partial charge in [0.05, 0.1) is 6.08 Å². The molecule has 1 atom stereocenters. The molecule has 0 fully saturated rings. The van der Waals surface area contributed by atoms with Gasteiger partial charge in [-0.2, -0.15) is 0 Å². The molecule has 0 heterocycles. The van der Waals surface area contributed by atoms with E-state index in [0.29, 0.717) is 0 Å². The van der Waals surface area contributed by atoms with Crippen LogP contribution in [0.15, 0.2) is 42.0 Å². The highest BCUT2D eigenvalue weighted by molar-refractivity contribution is 6.04. The van der Waals surface area contributed by atoms with E-state index in [9.17, 15) is 4.79 Å². The van der Waals surface area contributed by atoms with E-state index in [2.05, 4.69) is 38.2 Å². The van der Waals surface area contributed by atoms with E-state index >= 15 is 0 Å². The number of carbonyl (C=O) groups is 1. The fourth-order valence-corrected chi connectivity index (χ4v) is 2.10. The van der Waals surface area contributed by atoms with E-state index in [4.69, 9.17) is 0 Å². The normalized spacial score (nSPS) is 21.1. The van der Waals surface area contributed by atoms with Crippen LogP contribution in [0.3, 0.4) is 0 Å². The van der Waals surface area contributed by atoms with Crippen LogP contribution in [-0.2, 0) is 4.79 Å². The summed E-state index contributed by atoms with van der Waals surface area (Å²) in [6, 6.07) is 0. The Labute approximate surface area is 117 Å². The third-order valence-corrected chi connectivity index (χ3v) is 3.26. The van der Waals surface area contributed by atoms with Crippen LogP contribution < -0.4 is 0 Å². The van der Waals surface area contributed by atoms with E-state index in [0.717, 1.165) is 24.8 Å². The summed E-state index contributed by atoms with van der Waals surface area (Å²) in [5, 5.41) is 0. The van der Waals surface area contributed by atoms with Gasteiger partial charge in [0.1, 0.15) is 17.6 Å². The van der Waals surface area contributed by atoms with Crippen LogP contribution in [0.5, 0.6) is 0 Å². The molecule has 0 N–H and O–H groups in total. The SMILES string of the molecule is CC/C=C\C[C@H]1C=[C+]C(=O)/C1=C/C=C/CCCCC. The second kappa shape index (κ2) is 9.47. The zero-order valence-corrected chi connectivity index (χ0v) is 12.2. The number of rotatable bonds is 8. The standard InChI is InChI=1S/C18H25O/c1-3-5-7-8-9-11-13-17-16(12-10-6-4-2)14-15-18(17)19/h6,9-11,13-14,16H,3-5,7-8,12H2,1-2H3/q+1/b10-6-,11-9+,17-13+/t16-/m0/s1. The first-order valence-corrected chi connectivity index (χ1v) is 7.45. The van der Waals surface area contributed by atoms with Crippen molar-refractivity contribution < 1.29 is 4.79 Å². The number of allylic oxidation sites excluding steroid dienone is 8. The molecule has 0 amide bonds. The highest BCUT2D eigenvalue weighted by atomic mass is 16.1. The minimum atomic E-state index is 0.0492. The van der Waals surface area contributed by atoms with E-state index in [-0.39, 0.29) is 11.7 Å². The van der Waals surface area contributed by atoms with Gasteiger partial charge in [0, 0.05) is 6.08 Å². The zero-order chi connectivity index (χ0) is 13.9. The van der Waals surface area contributed by atoms with Gasteiger partial charge in [-0.1, -0.05) is 44.9 Å². The Hall–Kier alpha value is -1.46. The zero-order valence-electron chi connectivity index (χ0n) is 12.2. The van der Waals surface area contributed by atoms with Crippen molar-refractivity contribution >= 4 is 5.78 Å². The van der Waals surface area contributed by atoms with Gasteiger partial charge in [-0.25, -0.2) is 4.79 Å². The van der Waals surface area contributed by atoms with E-state index in [1.54, 1.807) is 0 Å². The van der Waals surface area contributed by atoms with Crippen LogP contribution in [0.4, 0.5) is 0 Å². The smallest absolute Gasteiger partial charge is 0.229 e. The fraction of sp³-hybridized carbons (Fsp3) is 0.500. The molecule has 1 heteroatoms. The lowest BCUT2D eigenvalue weighted by atomic mass is 9.97. The van der Waals surface area contributed by atoms with Crippen molar-refractivity contribution in [2.45, 2.75) is 52.4 Å². The molecule has 0 unspecified atom stereocenters. The number of carbonyl (C=O) groups excluding carboxylic acids is 1. The summed E-state index contributed by atoms with van der Waals surface area (Å²) < 4.78 is 0. The van der Waals surface area contributed by atoms with Crippen molar-refractivity contribution in [2.75, 3.05) is 0 Å². The van der Waals surface area contributed by atoms with Gasteiger partial charge in [-0.3, -0.25) is 0 Å². The maximum absolute atomic E-state index is 11.7.